The van der Waals surface area contributed by atoms with Gasteiger partial charge in [-0.1, -0.05) is 70.7 Å². The molecule has 1 aliphatic heterocycles. The van der Waals surface area contributed by atoms with Crippen molar-refractivity contribution in [3.63, 3.8) is 0 Å². The molecule has 5 nitrogen and oxygen atoms in total. The standard InChI is InChI=1S/C19H17Cl2NO4S/c1-11-3-7-13(8-4-11)17(18-15(20)16(21)19(23)26-18)22-27(24,25)14-9-5-12(2)6-10-14/h3-10,17-18,22H,1-2H3/t17-,18-/m1/s1. The molecule has 2 aromatic rings. The van der Waals surface area contributed by atoms with Gasteiger partial charge in [-0.2, -0.15) is 4.72 Å². The molecule has 0 aliphatic carbocycles. The fourth-order valence-corrected chi connectivity index (χ4v) is 4.31. The van der Waals surface area contributed by atoms with Crippen molar-refractivity contribution in [3.8, 4) is 0 Å². The summed E-state index contributed by atoms with van der Waals surface area (Å²) in [5, 5.41) is -0.271. The molecule has 0 saturated heterocycles. The van der Waals surface area contributed by atoms with Crippen molar-refractivity contribution in [1.29, 1.82) is 0 Å². The maximum Gasteiger partial charge on any atom is 0.351 e. The van der Waals surface area contributed by atoms with E-state index in [1.54, 1.807) is 24.3 Å². The maximum atomic E-state index is 12.9. The molecule has 142 valence electrons. The van der Waals surface area contributed by atoms with E-state index in [2.05, 4.69) is 4.72 Å². The van der Waals surface area contributed by atoms with E-state index in [-0.39, 0.29) is 15.0 Å². The SMILES string of the molecule is Cc1ccc([C@@H](NS(=O)(=O)c2ccc(C)cc2)[C@@H]2OC(=O)C(Cl)=C2Cl)cc1. The average Bonchev–Trinajstić information content (AvgIpc) is 2.88. The molecule has 3 rings (SSSR count). The van der Waals surface area contributed by atoms with Crippen LogP contribution in [0.4, 0.5) is 0 Å². The van der Waals surface area contributed by atoms with Crippen LogP contribution in [0.1, 0.15) is 22.7 Å². The molecule has 27 heavy (non-hydrogen) atoms. The van der Waals surface area contributed by atoms with Gasteiger partial charge in [0.05, 0.1) is 16.0 Å². The molecule has 1 aliphatic rings. The van der Waals surface area contributed by atoms with Gasteiger partial charge in [0, 0.05) is 0 Å². The molecular weight excluding hydrogens is 409 g/mol. The predicted molar refractivity (Wildman–Crippen MR) is 104 cm³/mol. The molecular formula is C19H17Cl2NO4S. The average molecular weight is 426 g/mol. The van der Waals surface area contributed by atoms with E-state index in [1.807, 2.05) is 26.0 Å². The highest BCUT2D eigenvalue weighted by atomic mass is 35.5. The summed E-state index contributed by atoms with van der Waals surface area (Å²) in [7, 11) is -3.90. The van der Waals surface area contributed by atoms with Gasteiger partial charge >= 0.3 is 5.97 Å². The first-order valence-electron chi connectivity index (χ1n) is 8.11. The zero-order valence-electron chi connectivity index (χ0n) is 14.6. The summed E-state index contributed by atoms with van der Waals surface area (Å²) in [6.45, 7) is 3.78. The molecule has 0 radical (unpaired) electrons. The van der Waals surface area contributed by atoms with Gasteiger partial charge < -0.3 is 4.74 Å². The van der Waals surface area contributed by atoms with Crippen molar-refractivity contribution in [2.45, 2.75) is 30.9 Å². The Morgan fingerprint density at radius 3 is 1.96 bits per heavy atom. The van der Waals surface area contributed by atoms with E-state index in [1.165, 1.54) is 12.1 Å². The Bertz CT molecular complexity index is 999. The molecule has 0 amide bonds. The van der Waals surface area contributed by atoms with Crippen LogP contribution >= 0.6 is 23.2 Å². The van der Waals surface area contributed by atoms with Gasteiger partial charge in [-0.15, -0.1) is 0 Å². The first-order valence-corrected chi connectivity index (χ1v) is 10.3. The van der Waals surface area contributed by atoms with Crippen LogP contribution in [0.15, 0.2) is 63.5 Å². The lowest BCUT2D eigenvalue weighted by molar-refractivity contribution is -0.140. The van der Waals surface area contributed by atoms with Gasteiger partial charge in [0.2, 0.25) is 10.0 Å². The molecule has 0 unspecified atom stereocenters. The summed E-state index contributed by atoms with van der Waals surface area (Å²) in [5.41, 5.74) is 2.53. The number of carbonyl (C=O) groups is 1. The number of hydrogen-bond acceptors (Lipinski definition) is 4. The van der Waals surface area contributed by atoms with Crippen molar-refractivity contribution in [3.05, 3.63) is 75.3 Å². The zero-order chi connectivity index (χ0) is 19.8. The Hall–Kier alpha value is -1.86. The molecule has 0 fully saturated rings. The molecule has 0 saturated carbocycles. The summed E-state index contributed by atoms with van der Waals surface area (Å²) in [6.07, 6.45) is -1.05. The zero-order valence-corrected chi connectivity index (χ0v) is 16.9. The highest BCUT2D eigenvalue weighted by molar-refractivity contribution is 7.89. The number of sulfonamides is 1. The number of ether oxygens (including phenoxy) is 1. The van der Waals surface area contributed by atoms with Crippen LogP contribution in [-0.2, 0) is 19.6 Å². The van der Waals surface area contributed by atoms with Crippen LogP contribution in [0, 0.1) is 13.8 Å². The van der Waals surface area contributed by atoms with Crippen molar-refractivity contribution < 1.29 is 17.9 Å². The lowest BCUT2D eigenvalue weighted by Crippen LogP contribution is -2.37. The Morgan fingerprint density at radius 1 is 0.963 bits per heavy atom. The minimum Gasteiger partial charge on any atom is -0.450 e. The highest BCUT2D eigenvalue weighted by Crippen LogP contribution is 2.37. The third kappa shape index (κ3) is 4.19. The molecule has 2 atom stereocenters. The van der Waals surface area contributed by atoms with Crippen molar-refractivity contribution in [2.24, 2.45) is 0 Å². The Balaban J connectivity index is 2.01. The lowest BCUT2D eigenvalue weighted by atomic mass is 10.0. The molecule has 1 N–H and O–H groups in total. The number of hydrogen-bond donors (Lipinski definition) is 1. The maximum absolute atomic E-state index is 12.9. The number of nitrogens with one attached hydrogen (secondary N) is 1. The Kier molecular flexibility index (Phi) is 5.63. The number of esters is 1. The number of rotatable bonds is 5. The van der Waals surface area contributed by atoms with Crippen LogP contribution in [0.5, 0.6) is 0 Å². The third-order valence-corrected chi connectivity index (χ3v) is 6.54. The predicted octanol–water partition coefficient (Wildman–Crippen LogP) is 3.94. The molecule has 0 spiro atoms. The van der Waals surface area contributed by atoms with Crippen LogP contribution < -0.4 is 4.72 Å². The van der Waals surface area contributed by atoms with Crippen LogP contribution in [-0.4, -0.2) is 20.5 Å². The summed E-state index contributed by atoms with van der Waals surface area (Å²) < 4.78 is 33.6. The van der Waals surface area contributed by atoms with E-state index < -0.39 is 28.1 Å². The first kappa shape index (κ1) is 19.9. The highest BCUT2D eigenvalue weighted by Gasteiger charge is 2.40. The van der Waals surface area contributed by atoms with Gasteiger partial charge in [-0.05, 0) is 31.5 Å². The summed E-state index contributed by atoms with van der Waals surface area (Å²) in [6, 6.07) is 12.7. The van der Waals surface area contributed by atoms with Crippen LogP contribution in [0.3, 0.4) is 0 Å². The third-order valence-electron chi connectivity index (χ3n) is 4.23. The van der Waals surface area contributed by atoms with Crippen LogP contribution in [0.2, 0.25) is 0 Å². The van der Waals surface area contributed by atoms with Crippen LogP contribution in [0.25, 0.3) is 0 Å². The molecule has 1 heterocycles. The Morgan fingerprint density at radius 2 is 1.48 bits per heavy atom. The summed E-state index contributed by atoms with van der Waals surface area (Å²) >= 11 is 12.0. The van der Waals surface area contributed by atoms with Gasteiger partial charge in [-0.25, -0.2) is 13.2 Å². The van der Waals surface area contributed by atoms with Gasteiger partial charge in [0.15, 0.2) is 6.10 Å². The lowest BCUT2D eigenvalue weighted by Gasteiger charge is -2.24. The topological polar surface area (TPSA) is 72.5 Å². The van der Waals surface area contributed by atoms with Crippen molar-refractivity contribution in [2.75, 3.05) is 0 Å². The Labute approximate surface area is 168 Å². The van der Waals surface area contributed by atoms with Crippen molar-refractivity contribution >= 4 is 39.2 Å². The quantitative estimate of drug-likeness (QED) is 0.736. The largest absolute Gasteiger partial charge is 0.450 e. The van der Waals surface area contributed by atoms with E-state index in [0.29, 0.717) is 5.56 Å². The van der Waals surface area contributed by atoms with E-state index in [0.717, 1.165) is 11.1 Å². The first-order chi connectivity index (χ1) is 12.7. The molecule has 0 aromatic heterocycles. The van der Waals surface area contributed by atoms with Gasteiger partial charge in [-0.3, -0.25) is 0 Å². The second-order valence-corrected chi connectivity index (χ2v) is 8.81. The number of carbonyl (C=O) groups excluding carboxylic acids is 1. The number of cyclic esters (lactones) is 1. The fourth-order valence-electron chi connectivity index (χ4n) is 2.69. The van der Waals surface area contributed by atoms with Gasteiger partial charge in [0.1, 0.15) is 5.03 Å². The second kappa shape index (κ2) is 7.64. The van der Waals surface area contributed by atoms with E-state index >= 15 is 0 Å². The summed E-state index contributed by atoms with van der Waals surface area (Å²) in [5.74, 6) is -0.779. The van der Waals surface area contributed by atoms with E-state index in [4.69, 9.17) is 27.9 Å². The van der Waals surface area contributed by atoms with Gasteiger partial charge in [0.25, 0.3) is 0 Å². The fraction of sp³-hybridized carbons (Fsp3) is 0.211. The minimum absolute atomic E-state index is 0.0288. The normalized spacial score (nSPS) is 18.5. The summed E-state index contributed by atoms with van der Waals surface area (Å²) in [4.78, 5) is 11.9. The number of benzene rings is 2. The van der Waals surface area contributed by atoms with Crippen molar-refractivity contribution in [1.82, 2.24) is 4.72 Å². The number of halogens is 2. The van der Waals surface area contributed by atoms with E-state index in [9.17, 15) is 13.2 Å². The number of aryl methyl sites for hydroxylation is 2. The molecule has 0 bridgehead atoms. The minimum atomic E-state index is -3.90. The molecule has 2 aromatic carbocycles. The monoisotopic (exact) mass is 425 g/mol. The second-order valence-electron chi connectivity index (χ2n) is 6.31. The smallest absolute Gasteiger partial charge is 0.351 e. The molecule has 8 heteroatoms.